The van der Waals surface area contributed by atoms with Gasteiger partial charge in [-0.2, -0.15) is 0 Å². The molecule has 0 aromatic heterocycles. The van der Waals surface area contributed by atoms with Crippen LogP contribution in [0.15, 0.2) is 84.9 Å². The van der Waals surface area contributed by atoms with Gasteiger partial charge in [0.2, 0.25) is 0 Å². The summed E-state index contributed by atoms with van der Waals surface area (Å²) >= 11 is 0. The standard InChI is InChI=1S/C33H35NO3/c1-22-17-18-25(20-30(22)33(35)36-3)31-21-26(37-32-16-7-6-14-29(31)32)12-9-19-34-23(2)27-15-8-11-24-10-4-5-13-28(24)27/h4-8,10-11,13-18,20,23,26,31,34H,9,12,19,21H2,1-3H3/t23?,26-,31-/m1/s1. The second-order valence-electron chi connectivity index (χ2n) is 10.0. The Labute approximate surface area is 219 Å². The van der Waals surface area contributed by atoms with Crippen molar-refractivity contribution in [3.8, 4) is 5.75 Å². The molecule has 4 nitrogen and oxygen atoms in total. The van der Waals surface area contributed by atoms with Crippen LogP contribution in [0.2, 0.25) is 0 Å². The third-order valence-electron chi connectivity index (χ3n) is 7.60. The van der Waals surface area contributed by atoms with Crippen LogP contribution in [0.4, 0.5) is 0 Å². The molecule has 0 saturated heterocycles. The van der Waals surface area contributed by atoms with Crippen molar-refractivity contribution < 1.29 is 14.3 Å². The molecule has 4 aromatic rings. The van der Waals surface area contributed by atoms with Gasteiger partial charge in [0.1, 0.15) is 5.75 Å². The number of carbonyl (C=O) groups is 1. The number of rotatable bonds is 8. The van der Waals surface area contributed by atoms with Crippen LogP contribution < -0.4 is 10.1 Å². The Bertz CT molecular complexity index is 1390. The van der Waals surface area contributed by atoms with Gasteiger partial charge < -0.3 is 14.8 Å². The van der Waals surface area contributed by atoms with Gasteiger partial charge in [-0.05, 0) is 79.3 Å². The molecule has 190 valence electrons. The molecule has 1 aliphatic rings. The number of fused-ring (bicyclic) bond motifs is 2. The van der Waals surface area contributed by atoms with Gasteiger partial charge in [0.05, 0.1) is 18.8 Å². The summed E-state index contributed by atoms with van der Waals surface area (Å²) in [6, 6.07) is 29.8. The van der Waals surface area contributed by atoms with Gasteiger partial charge in [0.25, 0.3) is 0 Å². The molecular weight excluding hydrogens is 458 g/mol. The number of aryl methyl sites for hydroxylation is 1. The van der Waals surface area contributed by atoms with Crippen molar-refractivity contribution in [3.63, 3.8) is 0 Å². The quantitative estimate of drug-likeness (QED) is 0.206. The van der Waals surface area contributed by atoms with Gasteiger partial charge in [0, 0.05) is 17.5 Å². The van der Waals surface area contributed by atoms with Crippen LogP contribution in [0.25, 0.3) is 10.8 Å². The Hall–Kier alpha value is -3.63. The van der Waals surface area contributed by atoms with E-state index in [1.54, 1.807) is 0 Å². The predicted molar refractivity (Wildman–Crippen MR) is 149 cm³/mol. The molecule has 4 heteroatoms. The molecule has 0 aliphatic carbocycles. The molecule has 0 spiro atoms. The second kappa shape index (κ2) is 11.2. The lowest BCUT2D eigenvalue weighted by Crippen LogP contribution is -2.28. The monoisotopic (exact) mass is 493 g/mol. The van der Waals surface area contributed by atoms with E-state index in [4.69, 9.17) is 9.47 Å². The van der Waals surface area contributed by atoms with Gasteiger partial charge >= 0.3 is 5.97 Å². The first kappa shape index (κ1) is 25.0. The zero-order valence-electron chi connectivity index (χ0n) is 21.9. The lowest BCUT2D eigenvalue weighted by molar-refractivity contribution is 0.0599. The summed E-state index contributed by atoms with van der Waals surface area (Å²) in [6.07, 6.45) is 3.00. The summed E-state index contributed by atoms with van der Waals surface area (Å²) in [5.74, 6) is 0.838. The number of benzene rings is 4. The highest BCUT2D eigenvalue weighted by Gasteiger charge is 2.29. The normalized spacial score (nSPS) is 17.6. The summed E-state index contributed by atoms with van der Waals surface area (Å²) in [6.45, 7) is 5.11. The van der Waals surface area contributed by atoms with E-state index < -0.39 is 0 Å². The molecule has 0 radical (unpaired) electrons. The molecular formula is C33H35NO3. The Morgan fingerprint density at radius 1 is 1.03 bits per heavy atom. The number of nitrogens with one attached hydrogen (secondary N) is 1. The molecule has 4 aromatic carbocycles. The summed E-state index contributed by atoms with van der Waals surface area (Å²) in [4.78, 5) is 12.3. The van der Waals surface area contributed by atoms with E-state index in [2.05, 4.69) is 79.0 Å². The summed E-state index contributed by atoms with van der Waals surface area (Å²) in [5.41, 5.74) is 5.21. The molecule has 37 heavy (non-hydrogen) atoms. The van der Waals surface area contributed by atoms with Gasteiger partial charge in [0.15, 0.2) is 0 Å². The van der Waals surface area contributed by atoms with Crippen LogP contribution in [0.3, 0.4) is 0 Å². The van der Waals surface area contributed by atoms with Crippen molar-refractivity contribution in [1.29, 1.82) is 0 Å². The largest absolute Gasteiger partial charge is 0.490 e. The molecule has 1 N–H and O–H groups in total. The fourth-order valence-corrected chi connectivity index (χ4v) is 5.56. The molecule has 1 unspecified atom stereocenters. The number of esters is 1. The first-order valence-electron chi connectivity index (χ1n) is 13.2. The van der Waals surface area contributed by atoms with Crippen LogP contribution in [0.5, 0.6) is 5.75 Å². The summed E-state index contributed by atoms with van der Waals surface area (Å²) in [5, 5.41) is 6.31. The Balaban J connectivity index is 1.26. The SMILES string of the molecule is COC(=O)c1cc([C@H]2C[C@@H](CCCNC(C)c3cccc4ccccc34)Oc3ccccc32)ccc1C. The van der Waals surface area contributed by atoms with Gasteiger partial charge in [-0.15, -0.1) is 0 Å². The first-order valence-corrected chi connectivity index (χ1v) is 13.2. The number of hydrogen-bond donors (Lipinski definition) is 1. The van der Waals surface area contributed by atoms with E-state index >= 15 is 0 Å². The lowest BCUT2D eigenvalue weighted by Gasteiger charge is -2.33. The number of para-hydroxylation sites is 1. The fourth-order valence-electron chi connectivity index (χ4n) is 5.56. The van der Waals surface area contributed by atoms with Crippen molar-refractivity contribution >= 4 is 16.7 Å². The highest BCUT2D eigenvalue weighted by Crippen LogP contribution is 2.41. The van der Waals surface area contributed by atoms with Crippen molar-refractivity contribution in [2.75, 3.05) is 13.7 Å². The van der Waals surface area contributed by atoms with Crippen LogP contribution in [-0.4, -0.2) is 25.7 Å². The molecule has 5 rings (SSSR count). The maximum atomic E-state index is 12.3. The topological polar surface area (TPSA) is 47.6 Å². The van der Waals surface area contributed by atoms with Crippen molar-refractivity contribution in [1.82, 2.24) is 5.32 Å². The third kappa shape index (κ3) is 5.40. The van der Waals surface area contributed by atoms with E-state index in [-0.39, 0.29) is 24.0 Å². The first-order chi connectivity index (χ1) is 18.0. The average molecular weight is 494 g/mol. The molecule has 0 fully saturated rings. The lowest BCUT2D eigenvalue weighted by atomic mass is 9.82. The Kier molecular flexibility index (Phi) is 7.57. The van der Waals surface area contributed by atoms with Crippen LogP contribution >= 0.6 is 0 Å². The summed E-state index contributed by atoms with van der Waals surface area (Å²) in [7, 11) is 1.43. The zero-order valence-corrected chi connectivity index (χ0v) is 21.9. The van der Waals surface area contributed by atoms with E-state index in [9.17, 15) is 4.79 Å². The number of ether oxygens (including phenoxy) is 2. The van der Waals surface area contributed by atoms with Crippen molar-refractivity contribution in [2.45, 2.75) is 51.2 Å². The van der Waals surface area contributed by atoms with Crippen LogP contribution in [0, 0.1) is 6.92 Å². The van der Waals surface area contributed by atoms with Crippen molar-refractivity contribution in [2.24, 2.45) is 0 Å². The smallest absolute Gasteiger partial charge is 0.338 e. The number of carbonyl (C=O) groups excluding carboxylic acids is 1. The molecule has 0 bridgehead atoms. The highest BCUT2D eigenvalue weighted by atomic mass is 16.5. The Morgan fingerprint density at radius 2 is 1.81 bits per heavy atom. The minimum atomic E-state index is -0.289. The average Bonchev–Trinajstić information content (AvgIpc) is 2.94. The number of hydrogen-bond acceptors (Lipinski definition) is 4. The van der Waals surface area contributed by atoms with E-state index in [1.165, 1.54) is 29.0 Å². The summed E-state index contributed by atoms with van der Waals surface area (Å²) < 4.78 is 11.5. The maximum absolute atomic E-state index is 12.3. The molecule has 3 atom stereocenters. The van der Waals surface area contributed by atoms with Gasteiger partial charge in [-0.25, -0.2) is 4.79 Å². The predicted octanol–water partition coefficient (Wildman–Crippen LogP) is 7.35. The minimum absolute atomic E-state index is 0.123. The van der Waals surface area contributed by atoms with Gasteiger partial charge in [-0.3, -0.25) is 0 Å². The fraction of sp³-hybridized carbons (Fsp3) is 0.303. The molecule has 0 amide bonds. The van der Waals surface area contributed by atoms with E-state index in [0.717, 1.165) is 42.7 Å². The molecule has 1 heterocycles. The van der Waals surface area contributed by atoms with E-state index in [0.29, 0.717) is 5.56 Å². The van der Waals surface area contributed by atoms with Crippen LogP contribution in [-0.2, 0) is 4.74 Å². The van der Waals surface area contributed by atoms with E-state index in [1.807, 2.05) is 25.1 Å². The third-order valence-corrected chi connectivity index (χ3v) is 7.60. The maximum Gasteiger partial charge on any atom is 0.338 e. The zero-order chi connectivity index (χ0) is 25.8. The molecule has 1 aliphatic heterocycles. The number of methoxy groups -OCH3 is 1. The van der Waals surface area contributed by atoms with Crippen molar-refractivity contribution in [3.05, 3.63) is 113 Å². The second-order valence-corrected chi connectivity index (χ2v) is 10.0. The molecule has 0 saturated carbocycles. The minimum Gasteiger partial charge on any atom is -0.490 e. The van der Waals surface area contributed by atoms with Gasteiger partial charge in [-0.1, -0.05) is 72.8 Å². The van der Waals surface area contributed by atoms with Crippen LogP contribution in [0.1, 0.15) is 70.8 Å². The Morgan fingerprint density at radius 3 is 2.68 bits per heavy atom. The highest BCUT2D eigenvalue weighted by molar-refractivity contribution is 5.91.